The van der Waals surface area contributed by atoms with Gasteiger partial charge in [0.05, 0.1) is 18.0 Å². The van der Waals surface area contributed by atoms with Crippen LogP contribution in [0.3, 0.4) is 0 Å². The highest BCUT2D eigenvalue weighted by Crippen LogP contribution is 2.25. The molecular formula is C25H32IN5O. The summed E-state index contributed by atoms with van der Waals surface area (Å²) in [5.74, 6) is 1.89. The molecule has 0 bridgehead atoms. The van der Waals surface area contributed by atoms with Crippen molar-refractivity contribution in [3.63, 3.8) is 0 Å². The van der Waals surface area contributed by atoms with Gasteiger partial charge in [-0.3, -0.25) is 4.99 Å². The maximum absolute atomic E-state index is 5.58. The van der Waals surface area contributed by atoms with Crippen molar-refractivity contribution in [2.75, 3.05) is 26.7 Å². The Bertz CT molecular complexity index is 1030. The Kier molecular flexibility index (Phi) is 8.96. The van der Waals surface area contributed by atoms with E-state index in [0.717, 1.165) is 68.5 Å². The van der Waals surface area contributed by atoms with Crippen LogP contribution < -0.4 is 15.4 Å². The minimum absolute atomic E-state index is 0. The average Bonchev–Trinajstić information content (AvgIpc) is 3.42. The Morgan fingerprint density at radius 1 is 1.09 bits per heavy atom. The van der Waals surface area contributed by atoms with Crippen LogP contribution >= 0.6 is 24.0 Å². The number of nitrogens with one attached hydrogen (secondary N) is 2. The van der Waals surface area contributed by atoms with Crippen molar-refractivity contribution < 1.29 is 4.74 Å². The topological polar surface area (TPSA) is 63.5 Å². The van der Waals surface area contributed by atoms with Crippen molar-refractivity contribution in [3.05, 3.63) is 77.1 Å². The summed E-state index contributed by atoms with van der Waals surface area (Å²) in [6.07, 6.45) is 6.13. The molecule has 0 saturated heterocycles. The van der Waals surface area contributed by atoms with E-state index in [9.17, 15) is 0 Å². The zero-order chi connectivity index (χ0) is 21.5. The summed E-state index contributed by atoms with van der Waals surface area (Å²) >= 11 is 0. The first-order valence-corrected chi connectivity index (χ1v) is 11.0. The van der Waals surface area contributed by atoms with E-state index in [1.54, 1.807) is 0 Å². The molecule has 7 heteroatoms. The van der Waals surface area contributed by atoms with Crippen LogP contribution in [0, 0.1) is 6.92 Å². The molecule has 2 N–H and O–H groups in total. The normalized spacial score (nSPS) is 12.6. The first kappa shape index (κ1) is 24.1. The van der Waals surface area contributed by atoms with E-state index in [1.165, 1.54) is 16.7 Å². The Morgan fingerprint density at radius 2 is 1.91 bits per heavy atom. The fourth-order valence-electron chi connectivity index (χ4n) is 3.88. The third-order valence-electron chi connectivity index (χ3n) is 5.62. The Hall–Kier alpha value is -2.55. The van der Waals surface area contributed by atoms with Gasteiger partial charge in [0.15, 0.2) is 5.96 Å². The highest BCUT2D eigenvalue weighted by molar-refractivity contribution is 14.0. The molecule has 0 unspecified atom stereocenters. The van der Waals surface area contributed by atoms with Gasteiger partial charge < -0.3 is 15.4 Å². The van der Waals surface area contributed by atoms with Gasteiger partial charge in [-0.2, -0.15) is 5.10 Å². The number of nitrogens with zero attached hydrogens (tertiary/aromatic N) is 3. The molecular weight excluding hydrogens is 513 g/mol. The highest BCUT2D eigenvalue weighted by Gasteiger charge is 2.12. The van der Waals surface area contributed by atoms with Gasteiger partial charge in [-0.1, -0.05) is 30.3 Å². The van der Waals surface area contributed by atoms with Crippen molar-refractivity contribution in [1.82, 2.24) is 20.4 Å². The number of aliphatic imine (C=N–C) groups is 1. The van der Waals surface area contributed by atoms with E-state index >= 15 is 0 Å². The van der Waals surface area contributed by atoms with Crippen molar-refractivity contribution in [3.8, 4) is 11.4 Å². The summed E-state index contributed by atoms with van der Waals surface area (Å²) < 4.78 is 7.54. The smallest absolute Gasteiger partial charge is 0.190 e. The van der Waals surface area contributed by atoms with E-state index < -0.39 is 0 Å². The van der Waals surface area contributed by atoms with Gasteiger partial charge in [0, 0.05) is 32.8 Å². The Morgan fingerprint density at radius 3 is 2.72 bits per heavy atom. The summed E-state index contributed by atoms with van der Waals surface area (Å²) in [5.41, 5.74) is 6.12. The summed E-state index contributed by atoms with van der Waals surface area (Å²) in [7, 11) is 1.82. The number of halogens is 1. The first-order valence-electron chi connectivity index (χ1n) is 11.0. The molecule has 2 aromatic carbocycles. The molecule has 2 heterocycles. The lowest BCUT2D eigenvalue weighted by Gasteiger charge is -2.12. The average molecular weight is 545 g/mol. The number of hydrogen-bond acceptors (Lipinski definition) is 3. The number of rotatable bonds is 8. The second-order valence-corrected chi connectivity index (χ2v) is 7.84. The summed E-state index contributed by atoms with van der Waals surface area (Å²) in [6.45, 7) is 4.60. The minimum Gasteiger partial charge on any atom is -0.493 e. The maximum Gasteiger partial charge on any atom is 0.190 e. The monoisotopic (exact) mass is 545 g/mol. The van der Waals surface area contributed by atoms with Crippen molar-refractivity contribution in [2.45, 2.75) is 32.6 Å². The molecule has 4 rings (SSSR count). The summed E-state index contributed by atoms with van der Waals surface area (Å²) in [5, 5.41) is 11.5. The van der Waals surface area contributed by atoms with Gasteiger partial charge in [-0.25, -0.2) is 4.68 Å². The molecule has 170 valence electrons. The molecule has 0 atom stereocenters. The predicted octanol–water partition coefficient (Wildman–Crippen LogP) is 4.07. The van der Waals surface area contributed by atoms with E-state index in [2.05, 4.69) is 64.2 Å². The van der Waals surface area contributed by atoms with Crippen molar-refractivity contribution in [2.24, 2.45) is 4.99 Å². The van der Waals surface area contributed by atoms with Crippen molar-refractivity contribution >= 4 is 29.9 Å². The fraction of sp³-hybridized carbons (Fsp3) is 0.360. The Balaban J connectivity index is 0.00000289. The van der Waals surface area contributed by atoms with Crippen LogP contribution in [0.4, 0.5) is 0 Å². The zero-order valence-corrected chi connectivity index (χ0v) is 21.1. The molecule has 0 spiro atoms. The highest BCUT2D eigenvalue weighted by atomic mass is 127. The quantitative estimate of drug-likeness (QED) is 0.194. The third-order valence-corrected chi connectivity index (χ3v) is 5.62. The molecule has 6 nitrogen and oxygen atoms in total. The summed E-state index contributed by atoms with van der Waals surface area (Å²) in [4.78, 5) is 4.34. The van der Waals surface area contributed by atoms with E-state index in [1.807, 2.05) is 29.9 Å². The van der Waals surface area contributed by atoms with E-state index in [-0.39, 0.29) is 24.0 Å². The largest absolute Gasteiger partial charge is 0.493 e. The van der Waals surface area contributed by atoms with Crippen LogP contribution in [0.25, 0.3) is 5.69 Å². The van der Waals surface area contributed by atoms with Gasteiger partial charge in [-0.05, 0) is 61.1 Å². The molecule has 1 aliphatic heterocycles. The number of hydrogen-bond donors (Lipinski definition) is 2. The minimum atomic E-state index is 0. The second kappa shape index (κ2) is 11.9. The van der Waals surface area contributed by atoms with E-state index in [0.29, 0.717) is 0 Å². The predicted molar refractivity (Wildman–Crippen MR) is 141 cm³/mol. The van der Waals surface area contributed by atoms with Crippen molar-refractivity contribution in [1.29, 1.82) is 0 Å². The fourth-order valence-corrected chi connectivity index (χ4v) is 3.88. The second-order valence-electron chi connectivity index (χ2n) is 7.84. The molecule has 0 radical (unpaired) electrons. The summed E-state index contributed by atoms with van der Waals surface area (Å²) in [6, 6.07) is 16.7. The van der Waals surface area contributed by atoms with Gasteiger partial charge in [0.25, 0.3) is 0 Å². The molecule has 0 fully saturated rings. The number of fused-ring (bicyclic) bond motifs is 1. The van der Waals surface area contributed by atoms with Gasteiger partial charge in [0.1, 0.15) is 5.75 Å². The van der Waals surface area contributed by atoms with Crippen LogP contribution in [-0.4, -0.2) is 42.5 Å². The molecule has 3 aromatic rings. The lowest BCUT2D eigenvalue weighted by molar-refractivity contribution is 0.357. The lowest BCUT2D eigenvalue weighted by atomic mass is 10.1. The van der Waals surface area contributed by atoms with E-state index in [4.69, 9.17) is 4.74 Å². The molecule has 0 amide bonds. The SMILES string of the molecule is CN=C(NCCCc1cn(-c2ccccc2)nc1C)NCCc1ccc2c(c1)CCO2.I. The van der Waals surface area contributed by atoms with Crippen LogP contribution in [0.1, 0.15) is 28.8 Å². The van der Waals surface area contributed by atoms with Gasteiger partial charge >= 0.3 is 0 Å². The number of aryl methyl sites for hydroxylation is 2. The molecule has 0 aliphatic carbocycles. The van der Waals surface area contributed by atoms with Gasteiger partial charge in [-0.15, -0.1) is 24.0 Å². The van der Waals surface area contributed by atoms with Crippen LogP contribution in [0.5, 0.6) is 5.75 Å². The third kappa shape index (κ3) is 6.25. The molecule has 1 aromatic heterocycles. The lowest BCUT2D eigenvalue weighted by Crippen LogP contribution is -2.38. The molecule has 32 heavy (non-hydrogen) atoms. The Labute approximate surface area is 207 Å². The number of guanidine groups is 1. The van der Waals surface area contributed by atoms with Crippen LogP contribution in [0.15, 0.2) is 59.7 Å². The standard InChI is InChI=1S/C25H31N5O.HI/c1-19-22(18-30(29-19)23-8-4-3-5-9-23)7-6-14-27-25(26-2)28-15-12-20-10-11-24-21(17-20)13-16-31-24;/h3-5,8-11,17-18H,6-7,12-16H2,1-2H3,(H2,26,27,28);1H. The van der Waals surface area contributed by atoms with Crippen LogP contribution in [0.2, 0.25) is 0 Å². The van der Waals surface area contributed by atoms with Gasteiger partial charge in [0.2, 0.25) is 0 Å². The molecule has 0 saturated carbocycles. The number of para-hydroxylation sites is 1. The number of benzene rings is 2. The number of aromatic nitrogens is 2. The molecule has 1 aliphatic rings. The number of ether oxygens (including phenoxy) is 1. The van der Waals surface area contributed by atoms with Crippen LogP contribution in [-0.2, 0) is 19.3 Å². The zero-order valence-electron chi connectivity index (χ0n) is 18.8. The maximum atomic E-state index is 5.58. The first-order chi connectivity index (χ1) is 15.2.